The van der Waals surface area contributed by atoms with E-state index in [1.807, 2.05) is 18.2 Å². The number of hydrogen-bond acceptors (Lipinski definition) is 2. The molecule has 0 aliphatic heterocycles. The van der Waals surface area contributed by atoms with Crippen LogP contribution < -0.4 is 0 Å². The third kappa shape index (κ3) is 3.04. The molecule has 1 aromatic heterocycles. The molecular formula is C20H21N3. The summed E-state index contributed by atoms with van der Waals surface area (Å²) in [6.07, 6.45) is 4.83. The van der Waals surface area contributed by atoms with Crippen molar-refractivity contribution in [2.24, 2.45) is 0 Å². The van der Waals surface area contributed by atoms with Crippen LogP contribution in [-0.4, -0.2) is 15.2 Å². The van der Waals surface area contributed by atoms with E-state index in [2.05, 4.69) is 52.7 Å². The Labute approximate surface area is 136 Å². The van der Waals surface area contributed by atoms with Crippen LogP contribution in [-0.2, 0) is 0 Å². The van der Waals surface area contributed by atoms with Gasteiger partial charge in [0.05, 0.1) is 0 Å². The molecule has 1 heterocycles. The molecule has 2 aromatic carbocycles. The standard InChI is InChI=1S/C20H21N3/c1-3-7-15(8-4-1)16-11-13-18(14-12-16)20-21-19(22-23-20)17-9-5-2-6-10-17/h1-10,16,18H,11-14H2,(H,21,22,23). The number of H-pyrrole nitrogens is 1. The maximum absolute atomic E-state index is 4.74. The Morgan fingerprint density at radius 2 is 1.35 bits per heavy atom. The van der Waals surface area contributed by atoms with Gasteiger partial charge in [0.25, 0.3) is 0 Å². The first kappa shape index (κ1) is 14.2. The van der Waals surface area contributed by atoms with Crippen LogP contribution in [0.4, 0.5) is 0 Å². The normalized spacial score (nSPS) is 21.2. The van der Waals surface area contributed by atoms with Crippen molar-refractivity contribution in [2.75, 3.05) is 0 Å². The number of nitrogens with zero attached hydrogens (tertiary/aromatic N) is 2. The molecule has 4 rings (SSSR count). The van der Waals surface area contributed by atoms with Crippen LogP contribution in [0.25, 0.3) is 11.4 Å². The first-order valence-corrected chi connectivity index (χ1v) is 8.43. The summed E-state index contributed by atoms with van der Waals surface area (Å²) < 4.78 is 0. The minimum atomic E-state index is 0.514. The van der Waals surface area contributed by atoms with Gasteiger partial charge in [-0.3, -0.25) is 5.10 Å². The van der Waals surface area contributed by atoms with E-state index in [0.29, 0.717) is 11.8 Å². The van der Waals surface area contributed by atoms with E-state index in [9.17, 15) is 0 Å². The molecule has 23 heavy (non-hydrogen) atoms. The largest absolute Gasteiger partial charge is 0.262 e. The zero-order valence-electron chi connectivity index (χ0n) is 13.2. The molecule has 0 unspecified atom stereocenters. The van der Waals surface area contributed by atoms with Crippen molar-refractivity contribution in [1.82, 2.24) is 15.2 Å². The Kier molecular flexibility index (Phi) is 3.93. The smallest absolute Gasteiger partial charge is 0.181 e. The van der Waals surface area contributed by atoms with E-state index in [1.54, 1.807) is 0 Å². The van der Waals surface area contributed by atoms with Crippen LogP contribution in [0.3, 0.4) is 0 Å². The molecule has 116 valence electrons. The second-order valence-corrected chi connectivity index (χ2v) is 6.37. The quantitative estimate of drug-likeness (QED) is 0.746. The zero-order chi connectivity index (χ0) is 15.5. The second-order valence-electron chi connectivity index (χ2n) is 6.37. The third-order valence-electron chi connectivity index (χ3n) is 4.92. The lowest BCUT2D eigenvalue weighted by Gasteiger charge is -2.27. The molecule has 1 saturated carbocycles. The molecule has 1 fully saturated rings. The first-order valence-electron chi connectivity index (χ1n) is 8.43. The minimum absolute atomic E-state index is 0.514. The van der Waals surface area contributed by atoms with Crippen LogP contribution in [0.5, 0.6) is 0 Å². The lowest BCUT2D eigenvalue weighted by atomic mass is 9.78. The Bertz CT molecular complexity index is 741. The van der Waals surface area contributed by atoms with Gasteiger partial charge in [0.2, 0.25) is 0 Å². The predicted octanol–water partition coefficient (Wildman–Crippen LogP) is 4.91. The SMILES string of the molecule is c1ccc(-c2n[nH]c(C3CCC(c4ccccc4)CC3)n2)cc1. The fourth-order valence-corrected chi connectivity index (χ4v) is 3.60. The highest BCUT2D eigenvalue weighted by atomic mass is 15.2. The molecule has 1 N–H and O–H groups in total. The van der Waals surface area contributed by atoms with Crippen molar-refractivity contribution < 1.29 is 0 Å². The van der Waals surface area contributed by atoms with E-state index in [1.165, 1.54) is 31.2 Å². The molecule has 3 nitrogen and oxygen atoms in total. The van der Waals surface area contributed by atoms with Gasteiger partial charge >= 0.3 is 0 Å². The summed E-state index contributed by atoms with van der Waals surface area (Å²) in [5.41, 5.74) is 2.56. The summed E-state index contributed by atoms with van der Waals surface area (Å²) in [7, 11) is 0. The van der Waals surface area contributed by atoms with Crippen molar-refractivity contribution in [2.45, 2.75) is 37.5 Å². The fourth-order valence-electron chi connectivity index (χ4n) is 3.60. The van der Waals surface area contributed by atoms with Gasteiger partial charge < -0.3 is 0 Å². The highest BCUT2D eigenvalue weighted by Crippen LogP contribution is 2.39. The number of aromatic nitrogens is 3. The van der Waals surface area contributed by atoms with E-state index < -0.39 is 0 Å². The Balaban J connectivity index is 1.44. The highest BCUT2D eigenvalue weighted by Gasteiger charge is 2.25. The molecule has 0 bridgehead atoms. The zero-order valence-corrected chi connectivity index (χ0v) is 13.2. The Morgan fingerprint density at radius 3 is 2.04 bits per heavy atom. The minimum Gasteiger partial charge on any atom is -0.262 e. The first-order chi connectivity index (χ1) is 11.4. The van der Waals surface area contributed by atoms with Crippen LogP contribution in [0, 0.1) is 0 Å². The summed E-state index contributed by atoms with van der Waals surface area (Å²) in [5, 5.41) is 7.57. The molecule has 0 saturated heterocycles. The summed E-state index contributed by atoms with van der Waals surface area (Å²) in [5.74, 6) is 3.07. The summed E-state index contributed by atoms with van der Waals surface area (Å²) in [6, 6.07) is 21.1. The number of nitrogens with one attached hydrogen (secondary N) is 1. The number of aromatic amines is 1. The summed E-state index contributed by atoms with van der Waals surface area (Å²) in [6.45, 7) is 0. The molecule has 0 amide bonds. The van der Waals surface area contributed by atoms with E-state index in [4.69, 9.17) is 4.98 Å². The van der Waals surface area contributed by atoms with Crippen molar-refractivity contribution in [1.29, 1.82) is 0 Å². The van der Waals surface area contributed by atoms with E-state index >= 15 is 0 Å². The van der Waals surface area contributed by atoms with Gasteiger partial charge in [-0.2, -0.15) is 5.10 Å². The number of hydrogen-bond donors (Lipinski definition) is 1. The molecule has 3 heteroatoms. The third-order valence-corrected chi connectivity index (χ3v) is 4.92. The fraction of sp³-hybridized carbons (Fsp3) is 0.300. The van der Waals surface area contributed by atoms with Gasteiger partial charge in [-0.25, -0.2) is 4.98 Å². The van der Waals surface area contributed by atoms with Crippen LogP contribution in [0.1, 0.15) is 48.9 Å². The summed E-state index contributed by atoms with van der Waals surface area (Å²) in [4.78, 5) is 4.74. The highest BCUT2D eigenvalue weighted by molar-refractivity contribution is 5.53. The van der Waals surface area contributed by atoms with E-state index in [-0.39, 0.29) is 0 Å². The van der Waals surface area contributed by atoms with E-state index in [0.717, 1.165) is 17.2 Å². The lowest BCUT2D eigenvalue weighted by Crippen LogP contribution is -2.13. The maximum atomic E-state index is 4.74. The average molecular weight is 303 g/mol. The number of benzene rings is 2. The van der Waals surface area contributed by atoms with Gasteiger partial charge in [-0.05, 0) is 37.2 Å². The molecule has 1 aliphatic carbocycles. The number of rotatable bonds is 3. The molecular weight excluding hydrogens is 282 g/mol. The molecule has 1 aliphatic rings. The Morgan fingerprint density at radius 1 is 0.739 bits per heavy atom. The van der Waals surface area contributed by atoms with Crippen molar-refractivity contribution >= 4 is 0 Å². The van der Waals surface area contributed by atoms with Gasteiger partial charge in [-0.1, -0.05) is 60.7 Å². The van der Waals surface area contributed by atoms with Gasteiger partial charge in [0, 0.05) is 11.5 Å². The molecule has 0 spiro atoms. The van der Waals surface area contributed by atoms with Gasteiger partial charge in [0.1, 0.15) is 5.82 Å². The lowest BCUT2D eigenvalue weighted by molar-refractivity contribution is 0.386. The molecule has 0 radical (unpaired) electrons. The van der Waals surface area contributed by atoms with Crippen LogP contribution >= 0.6 is 0 Å². The molecule has 3 aromatic rings. The van der Waals surface area contributed by atoms with Gasteiger partial charge in [0.15, 0.2) is 5.82 Å². The summed E-state index contributed by atoms with van der Waals surface area (Å²) >= 11 is 0. The monoisotopic (exact) mass is 303 g/mol. The van der Waals surface area contributed by atoms with Crippen molar-refractivity contribution in [3.8, 4) is 11.4 Å². The topological polar surface area (TPSA) is 41.6 Å². The predicted molar refractivity (Wildman–Crippen MR) is 92.2 cm³/mol. The van der Waals surface area contributed by atoms with Crippen LogP contribution in [0.15, 0.2) is 60.7 Å². The van der Waals surface area contributed by atoms with Crippen LogP contribution in [0.2, 0.25) is 0 Å². The Hall–Kier alpha value is -2.42. The van der Waals surface area contributed by atoms with Crippen molar-refractivity contribution in [3.05, 3.63) is 72.1 Å². The second kappa shape index (κ2) is 6.37. The maximum Gasteiger partial charge on any atom is 0.181 e. The van der Waals surface area contributed by atoms with Crippen molar-refractivity contribution in [3.63, 3.8) is 0 Å². The molecule has 0 atom stereocenters. The van der Waals surface area contributed by atoms with Gasteiger partial charge in [-0.15, -0.1) is 0 Å². The average Bonchev–Trinajstić information content (AvgIpc) is 3.14.